The van der Waals surface area contributed by atoms with E-state index in [9.17, 15) is 0 Å². The van der Waals surface area contributed by atoms with Gasteiger partial charge in [-0.05, 0) is 40.6 Å². The van der Waals surface area contributed by atoms with Crippen LogP contribution >= 0.6 is 0 Å². The van der Waals surface area contributed by atoms with Crippen molar-refractivity contribution < 1.29 is 49.0 Å². The van der Waals surface area contributed by atoms with Crippen LogP contribution in [0, 0.1) is 40.4 Å². The molecule has 0 heterocycles. The molecule has 2 unspecified atom stereocenters. The number of hydrogen-bond donors (Lipinski definition) is 0. The maximum absolute atomic E-state index is 2.62. The molecule has 1 fully saturated rings. The van der Waals surface area contributed by atoms with Crippen molar-refractivity contribution in [3.8, 4) is 0 Å². The van der Waals surface area contributed by atoms with Crippen molar-refractivity contribution in [3.63, 3.8) is 0 Å². The number of hydrogen-bond acceptors (Lipinski definition) is 0. The summed E-state index contributed by atoms with van der Waals surface area (Å²) in [4.78, 5) is 0. The topological polar surface area (TPSA) is 0 Å². The molecule has 0 bridgehead atoms. The SMILES string of the molecule is C[C-]1C2=C3Cc4ccccc4C3=C3C=CCCC3C2(C)C(C)(C)C(C)(C)C1(C)C.Cc1cc[cH-]c1.[Cl-].[Cl-].[Zr+2]=[C](c1ccccc1)c1ccccc1. The van der Waals surface area contributed by atoms with E-state index in [0.717, 1.165) is 6.42 Å². The zero-order valence-electron chi connectivity index (χ0n) is 32.0. The van der Waals surface area contributed by atoms with Crippen molar-refractivity contribution in [1.29, 1.82) is 0 Å². The van der Waals surface area contributed by atoms with Gasteiger partial charge in [-0.1, -0.05) is 120 Å². The summed E-state index contributed by atoms with van der Waals surface area (Å²) in [6.45, 7) is 22.4. The Hall–Kier alpha value is -2.57. The number of allylic oxidation sites excluding steroid dienone is 6. The summed E-state index contributed by atoms with van der Waals surface area (Å²) in [6.07, 6.45) is 8.50. The van der Waals surface area contributed by atoms with Gasteiger partial charge in [0, 0.05) is 0 Å². The fourth-order valence-corrected chi connectivity index (χ4v) is 10.2. The summed E-state index contributed by atoms with van der Waals surface area (Å²) >= 11 is 1.46. The van der Waals surface area contributed by atoms with Crippen LogP contribution in [0.25, 0.3) is 5.57 Å². The number of fused-ring (bicyclic) bond motifs is 6. The first-order chi connectivity index (χ1) is 23.2. The first-order valence-electron chi connectivity index (χ1n) is 18.2. The minimum atomic E-state index is 0. The second-order valence-corrected chi connectivity index (χ2v) is 17.6. The quantitative estimate of drug-likeness (QED) is 0.204. The molecule has 0 radical (unpaired) electrons. The third kappa shape index (κ3) is 6.86. The van der Waals surface area contributed by atoms with E-state index in [4.69, 9.17) is 0 Å². The van der Waals surface area contributed by atoms with Crippen LogP contribution in [0.5, 0.6) is 0 Å². The molecule has 0 nitrogen and oxygen atoms in total. The predicted octanol–water partition coefficient (Wildman–Crippen LogP) is 6.49. The van der Waals surface area contributed by atoms with Crippen molar-refractivity contribution in [2.75, 3.05) is 0 Å². The molecule has 51 heavy (non-hydrogen) atoms. The van der Waals surface area contributed by atoms with Gasteiger partial charge < -0.3 is 24.8 Å². The maximum atomic E-state index is 2.62. The first kappa shape index (κ1) is 41.2. The third-order valence-corrected chi connectivity index (χ3v) is 15.2. The molecule has 0 amide bonds. The standard InChI is InChI=1S/C29H37.C13H10.C6H7.2ClH.Zr/c1-18-25-22-17-19-13-9-10-14-20(19)24(22)21-15-11-12-16-23(21)29(25,8)28(6,7)27(4,5)26(18,2)3;1-3-7-12(8-4-1)11-13-9-5-2-6-10-13;1-6-4-2-3-5-6;;;/h9-11,13-15,23H,12,16-17H2,1-8H3;1-10H;2-5H,1H3;2*1H;/q-1;;-1;;;+2/p-2. The summed E-state index contributed by atoms with van der Waals surface area (Å²) in [5.74, 6) is 2.24. The summed E-state index contributed by atoms with van der Waals surface area (Å²) in [5.41, 5.74) is 14.3. The fraction of sp³-hybridized carbons (Fsp3) is 0.354. The van der Waals surface area contributed by atoms with Gasteiger partial charge in [-0.15, -0.1) is 6.92 Å². The molecule has 4 aliphatic carbocycles. The average molecular weight is 793 g/mol. The van der Waals surface area contributed by atoms with Crippen molar-refractivity contribution in [3.05, 3.63) is 172 Å². The van der Waals surface area contributed by atoms with Crippen LogP contribution in [0.2, 0.25) is 0 Å². The Morgan fingerprint density at radius 2 is 1.33 bits per heavy atom. The zero-order chi connectivity index (χ0) is 35.2. The first-order valence-corrected chi connectivity index (χ1v) is 19.4. The number of aryl methyl sites for hydroxylation is 1. The molecular weight excluding hydrogens is 739 g/mol. The number of benzene rings is 3. The molecule has 0 N–H and O–H groups in total. The van der Waals surface area contributed by atoms with Gasteiger partial charge in [-0.2, -0.15) is 29.3 Å². The van der Waals surface area contributed by atoms with Crippen LogP contribution in [0.3, 0.4) is 0 Å². The molecule has 1 saturated carbocycles. The molecule has 4 aromatic rings. The Kier molecular flexibility index (Phi) is 12.8. The molecule has 0 aliphatic heterocycles. The normalized spacial score (nSPS) is 22.6. The van der Waals surface area contributed by atoms with Gasteiger partial charge in [-0.3, -0.25) is 0 Å². The van der Waals surface area contributed by atoms with Gasteiger partial charge >= 0.3 is 99.2 Å². The second kappa shape index (κ2) is 15.8. The van der Waals surface area contributed by atoms with E-state index < -0.39 is 0 Å². The van der Waals surface area contributed by atoms with Gasteiger partial charge in [0.1, 0.15) is 0 Å². The summed E-state index contributed by atoms with van der Waals surface area (Å²) < 4.78 is 1.42. The van der Waals surface area contributed by atoms with E-state index in [0.29, 0.717) is 5.92 Å². The Morgan fingerprint density at radius 3 is 1.86 bits per heavy atom. The van der Waals surface area contributed by atoms with Gasteiger partial charge in [0.05, 0.1) is 0 Å². The molecule has 0 spiro atoms. The van der Waals surface area contributed by atoms with Crippen molar-refractivity contribution >= 4 is 8.78 Å². The molecule has 4 aromatic carbocycles. The van der Waals surface area contributed by atoms with E-state index in [1.165, 1.54) is 68.1 Å². The summed E-state index contributed by atoms with van der Waals surface area (Å²) in [5, 5.41) is 0. The molecular formula is C48H54Cl2Zr-2. The van der Waals surface area contributed by atoms with Gasteiger partial charge in [-0.25, -0.2) is 17.5 Å². The van der Waals surface area contributed by atoms with E-state index >= 15 is 0 Å². The monoisotopic (exact) mass is 790 g/mol. The van der Waals surface area contributed by atoms with Crippen LogP contribution in [0.15, 0.2) is 138 Å². The van der Waals surface area contributed by atoms with Crippen LogP contribution < -0.4 is 24.8 Å². The molecule has 3 heteroatoms. The van der Waals surface area contributed by atoms with Crippen molar-refractivity contribution in [2.24, 2.45) is 27.6 Å². The molecule has 0 saturated heterocycles. The molecule has 266 valence electrons. The van der Waals surface area contributed by atoms with Crippen molar-refractivity contribution in [1.82, 2.24) is 0 Å². The Labute approximate surface area is 336 Å². The van der Waals surface area contributed by atoms with Crippen molar-refractivity contribution in [2.45, 2.75) is 81.6 Å². The molecule has 0 aromatic heterocycles. The summed E-state index contributed by atoms with van der Waals surface area (Å²) in [7, 11) is 0. The van der Waals surface area contributed by atoms with Gasteiger partial charge in [0.25, 0.3) is 0 Å². The number of halogens is 2. The minimum absolute atomic E-state index is 0. The molecule has 2 atom stereocenters. The van der Waals surface area contributed by atoms with Gasteiger partial charge in [0.2, 0.25) is 0 Å². The number of rotatable bonds is 2. The fourth-order valence-electron chi connectivity index (χ4n) is 9.41. The van der Waals surface area contributed by atoms with E-state index in [2.05, 4.69) is 172 Å². The van der Waals surface area contributed by atoms with Crippen LogP contribution in [-0.4, -0.2) is 3.21 Å². The van der Waals surface area contributed by atoms with E-state index in [1.807, 2.05) is 12.1 Å². The Morgan fingerprint density at radius 1 is 0.765 bits per heavy atom. The zero-order valence-corrected chi connectivity index (χ0v) is 36.0. The predicted molar refractivity (Wildman–Crippen MR) is 207 cm³/mol. The van der Waals surface area contributed by atoms with E-state index in [1.54, 1.807) is 28.2 Å². The molecule has 4 aliphatic rings. The Bertz CT molecular complexity index is 1860. The van der Waals surface area contributed by atoms with E-state index in [-0.39, 0.29) is 46.5 Å². The second-order valence-electron chi connectivity index (χ2n) is 16.3. The third-order valence-electron chi connectivity index (χ3n) is 13.7. The van der Waals surface area contributed by atoms with Crippen LogP contribution in [-0.2, 0) is 30.7 Å². The molecule has 8 rings (SSSR count). The van der Waals surface area contributed by atoms with Crippen LogP contribution in [0.1, 0.15) is 96.0 Å². The van der Waals surface area contributed by atoms with Gasteiger partial charge in [0.15, 0.2) is 0 Å². The average Bonchev–Trinajstić information content (AvgIpc) is 3.75. The summed E-state index contributed by atoms with van der Waals surface area (Å²) in [6, 6.07) is 38.5. The van der Waals surface area contributed by atoms with Crippen LogP contribution in [0.4, 0.5) is 0 Å². The Balaban J connectivity index is 0.000000220.